The zero-order valence-electron chi connectivity index (χ0n) is 14.5. The normalized spacial score (nSPS) is 19.6. The summed E-state index contributed by atoms with van der Waals surface area (Å²) in [4.78, 5) is 9.43. The van der Waals surface area contributed by atoms with Crippen LogP contribution in [-0.2, 0) is 0 Å². The fourth-order valence-corrected chi connectivity index (χ4v) is 3.91. The average molecular weight is 333 g/mol. The summed E-state index contributed by atoms with van der Waals surface area (Å²) >= 11 is 0. The number of hydrogen-bond acceptors (Lipinski definition) is 4. The summed E-state index contributed by atoms with van der Waals surface area (Å²) in [5.41, 5.74) is 6.61. The molecule has 1 saturated carbocycles. The van der Waals surface area contributed by atoms with Crippen molar-refractivity contribution in [2.75, 3.05) is 7.11 Å². The van der Waals surface area contributed by atoms with Gasteiger partial charge in [-0.3, -0.25) is 0 Å². The van der Waals surface area contributed by atoms with Crippen molar-refractivity contribution in [3.63, 3.8) is 0 Å². The molecule has 0 aliphatic heterocycles. The lowest BCUT2D eigenvalue weighted by atomic mass is 10.1. The van der Waals surface area contributed by atoms with Gasteiger partial charge < -0.3 is 9.14 Å². The Morgan fingerprint density at radius 2 is 2.08 bits per heavy atom. The second-order valence-electron chi connectivity index (χ2n) is 6.71. The van der Waals surface area contributed by atoms with Gasteiger partial charge in [0.05, 0.1) is 18.5 Å². The van der Waals surface area contributed by atoms with Crippen molar-refractivity contribution in [3.05, 3.63) is 59.4 Å². The number of ether oxygens (including phenoxy) is 1. The summed E-state index contributed by atoms with van der Waals surface area (Å²) < 4.78 is 9.33. The van der Waals surface area contributed by atoms with E-state index in [9.17, 15) is 0 Å². The molecule has 0 aromatic carbocycles. The topological polar surface area (TPSA) is 56.7 Å². The first kappa shape index (κ1) is 14.5. The van der Waals surface area contributed by atoms with Gasteiger partial charge in [-0.25, -0.2) is 14.5 Å². The fraction of sp³-hybridized carbons (Fsp3) is 0.316. The highest BCUT2D eigenvalue weighted by Crippen LogP contribution is 2.56. The number of methoxy groups -OCH3 is 1. The molecule has 4 heterocycles. The Morgan fingerprint density at radius 1 is 1.20 bits per heavy atom. The van der Waals surface area contributed by atoms with E-state index in [1.54, 1.807) is 7.11 Å². The minimum Gasteiger partial charge on any atom is -0.497 e. The van der Waals surface area contributed by atoms with Crippen LogP contribution in [0.2, 0.25) is 0 Å². The van der Waals surface area contributed by atoms with Gasteiger partial charge in [0, 0.05) is 41.8 Å². The standard InChI is InChI=1S/C19H19N5O/c1-11-17(19-20-6-4-7-24(19)22-11)14-10-15(14)18-12(2)23-8-5-13(25-3)9-16(23)21-18/h4-9,14-15H,10H2,1-3H3. The highest BCUT2D eigenvalue weighted by Gasteiger charge is 2.45. The lowest BCUT2D eigenvalue weighted by molar-refractivity contribution is 0.414. The van der Waals surface area contributed by atoms with Crippen LogP contribution >= 0.6 is 0 Å². The van der Waals surface area contributed by atoms with E-state index in [4.69, 9.17) is 9.72 Å². The van der Waals surface area contributed by atoms with Crippen molar-refractivity contribution in [2.45, 2.75) is 32.1 Å². The Hall–Kier alpha value is -2.89. The molecule has 0 saturated heterocycles. The van der Waals surface area contributed by atoms with E-state index in [1.807, 2.05) is 41.3 Å². The van der Waals surface area contributed by atoms with E-state index in [2.05, 4.69) is 28.3 Å². The van der Waals surface area contributed by atoms with Gasteiger partial charge >= 0.3 is 0 Å². The first-order chi connectivity index (χ1) is 12.2. The minimum atomic E-state index is 0.430. The van der Waals surface area contributed by atoms with E-state index in [0.29, 0.717) is 11.8 Å². The number of fused-ring (bicyclic) bond motifs is 2. The Morgan fingerprint density at radius 3 is 2.92 bits per heavy atom. The van der Waals surface area contributed by atoms with Crippen LogP contribution in [0.5, 0.6) is 5.75 Å². The SMILES string of the molecule is COc1ccn2c(C)c(C3CC3c3c(C)nn4cccnc34)nc2c1. The second-order valence-corrected chi connectivity index (χ2v) is 6.71. The maximum Gasteiger partial charge on any atom is 0.158 e. The van der Waals surface area contributed by atoms with Gasteiger partial charge in [0.15, 0.2) is 5.65 Å². The summed E-state index contributed by atoms with van der Waals surface area (Å²) in [6.07, 6.45) is 6.92. The van der Waals surface area contributed by atoms with E-state index in [-0.39, 0.29) is 0 Å². The van der Waals surface area contributed by atoms with Crippen molar-refractivity contribution in [1.29, 1.82) is 0 Å². The Kier molecular flexibility index (Phi) is 2.92. The number of rotatable bonds is 3. The summed E-state index contributed by atoms with van der Waals surface area (Å²) in [6, 6.07) is 5.86. The van der Waals surface area contributed by atoms with Crippen molar-refractivity contribution < 1.29 is 4.74 Å². The molecule has 0 spiro atoms. The van der Waals surface area contributed by atoms with Crippen LogP contribution in [0.15, 0.2) is 36.8 Å². The third-order valence-electron chi connectivity index (χ3n) is 5.24. The van der Waals surface area contributed by atoms with Gasteiger partial charge in [0.2, 0.25) is 0 Å². The van der Waals surface area contributed by atoms with Gasteiger partial charge in [-0.05, 0) is 38.3 Å². The number of aromatic nitrogens is 5. The van der Waals surface area contributed by atoms with Crippen molar-refractivity contribution in [2.24, 2.45) is 0 Å². The monoisotopic (exact) mass is 333 g/mol. The molecule has 126 valence electrons. The van der Waals surface area contributed by atoms with Crippen LogP contribution in [0.1, 0.15) is 40.9 Å². The molecule has 1 aliphatic rings. The van der Waals surface area contributed by atoms with Crippen LogP contribution in [0, 0.1) is 13.8 Å². The maximum atomic E-state index is 5.32. The van der Waals surface area contributed by atoms with Gasteiger partial charge in [-0.15, -0.1) is 0 Å². The molecule has 6 nitrogen and oxygen atoms in total. The summed E-state index contributed by atoms with van der Waals surface area (Å²) in [5.74, 6) is 1.71. The molecule has 0 radical (unpaired) electrons. The Bertz CT molecular complexity index is 1110. The zero-order valence-corrected chi connectivity index (χ0v) is 14.5. The number of imidazole rings is 1. The number of nitrogens with zero attached hydrogens (tertiary/aromatic N) is 5. The first-order valence-electron chi connectivity index (χ1n) is 8.50. The molecular formula is C19H19N5O. The Labute approximate surface area is 145 Å². The molecule has 2 atom stereocenters. The molecular weight excluding hydrogens is 314 g/mol. The smallest absolute Gasteiger partial charge is 0.158 e. The zero-order chi connectivity index (χ0) is 17.1. The van der Waals surface area contributed by atoms with Crippen molar-refractivity contribution in [1.82, 2.24) is 24.0 Å². The van der Waals surface area contributed by atoms with Crippen LogP contribution in [-0.4, -0.2) is 31.1 Å². The maximum absolute atomic E-state index is 5.32. The molecule has 4 aromatic heterocycles. The van der Waals surface area contributed by atoms with Crippen LogP contribution in [0.25, 0.3) is 11.3 Å². The molecule has 1 aliphatic carbocycles. The molecule has 2 unspecified atom stereocenters. The predicted octanol–water partition coefficient (Wildman–Crippen LogP) is 3.27. The minimum absolute atomic E-state index is 0.430. The summed E-state index contributed by atoms with van der Waals surface area (Å²) in [6.45, 7) is 4.21. The van der Waals surface area contributed by atoms with Crippen LogP contribution in [0.4, 0.5) is 0 Å². The van der Waals surface area contributed by atoms with Crippen molar-refractivity contribution >= 4 is 11.3 Å². The van der Waals surface area contributed by atoms with Gasteiger partial charge in [0.25, 0.3) is 0 Å². The summed E-state index contributed by atoms with van der Waals surface area (Å²) in [7, 11) is 1.68. The number of pyridine rings is 1. The Balaban J connectivity index is 1.57. The van der Waals surface area contributed by atoms with Crippen molar-refractivity contribution in [3.8, 4) is 5.75 Å². The predicted molar refractivity (Wildman–Crippen MR) is 94.3 cm³/mol. The first-order valence-corrected chi connectivity index (χ1v) is 8.50. The fourth-order valence-electron chi connectivity index (χ4n) is 3.91. The molecule has 0 bridgehead atoms. The largest absolute Gasteiger partial charge is 0.497 e. The average Bonchev–Trinajstić information content (AvgIpc) is 3.22. The molecule has 6 heteroatoms. The summed E-state index contributed by atoms with van der Waals surface area (Å²) in [5, 5.41) is 4.60. The highest BCUT2D eigenvalue weighted by molar-refractivity contribution is 5.57. The highest BCUT2D eigenvalue weighted by atomic mass is 16.5. The lowest BCUT2D eigenvalue weighted by Crippen LogP contribution is -1.92. The van der Waals surface area contributed by atoms with E-state index < -0.39 is 0 Å². The molecule has 4 aromatic rings. The van der Waals surface area contributed by atoms with E-state index >= 15 is 0 Å². The van der Waals surface area contributed by atoms with E-state index in [0.717, 1.165) is 29.2 Å². The third kappa shape index (κ3) is 2.06. The molecule has 1 fully saturated rings. The van der Waals surface area contributed by atoms with Crippen LogP contribution in [0.3, 0.4) is 0 Å². The second kappa shape index (κ2) is 5.05. The quantitative estimate of drug-likeness (QED) is 0.577. The molecule has 5 rings (SSSR count). The molecule has 0 amide bonds. The van der Waals surface area contributed by atoms with E-state index in [1.165, 1.54) is 17.0 Å². The molecule has 0 N–H and O–H groups in total. The molecule has 25 heavy (non-hydrogen) atoms. The lowest BCUT2D eigenvalue weighted by Gasteiger charge is -2.01. The van der Waals surface area contributed by atoms with Gasteiger partial charge in [0.1, 0.15) is 11.4 Å². The number of hydrogen-bond donors (Lipinski definition) is 0. The van der Waals surface area contributed by atoms with Gasteiger partial charge in [-0.2, -0.15) is 5.10 Å². The van der Waals surface area contributed by atoms with Gasteiger partial charge in [-0.1, -0.05) is 0 Å². The third-order valence-corrected chi connectivity index (χ3v) is 5.24. The van der Waals surface area contributed by atoms with Crippen LogP contribution < -0.4 is 4.74 Å². The number of aryl methyl sites for hydroxylation is 2.